The van der Waals surface area contributed by atoms with Crippen molar-refractivity contribution in [3.8, 4) is 0 Å². The van der Waals surface area contributed by atoms with Crippen molar-refractivity contribution in [1.82, 2.24) is 4.98 Å². The van der Waals surface area contributed by atoms with Crippen LogP contribution in [-0.2, 0) is 0 Å². The standard InChI is InChI=1S/C9H7BrFN3S/c10-5-1-2-7(6(11)3-5)14-9-13-4-8(12)15-9/h1-4H,12H2,(H,13,14). The first kappa shape index (κ1) is 10.4. The van der Waals surface area contributed by atoms with Gasteiger partial charge in [0.25, 0.3) is 0 Å². The van der Waals surface area contributed by atoms with Crippen molar-refractivity contribution in [3.05, 3.63) is 34.7 Å². The number of nitrogens with one attached hydrogen (secondary N) is 1. The van der Waals surface area contributed by atoms with Crippen molar-refractivity contribution < 1.29 is 4.39 Å². The first-order chi connectivity index (χ1) is 7.15. The van der Waals surface area contributed by atoms with Crippen LogP contribution in [0.4, 0.5) is 20.2 Å². The van der Waals surface area contributed by atoms with Crippen LogP contribution < -0.4 is 11.1 Å². The van der Waals surface area contributed by atoms with Crippen LogP contribution in [0.1, 0.15) is 0 Å². The Morgan fingerprint density at radius 3 is 2.87 bits per heavy atom. The van der Waals surface area contributed by atoms with Gasteiger partial charge < -0.3 is 11.1 Å². The van der Waals surface area contributed by atoms with E-state index < -0.39 is 0 Å². The molecule has 0 fully saturated rings. The number of nitrogen functional groups attached to an aromatic ring is 1. The van der Waals surface area contributed by atoms with Crippen molar-refractivity contribution >= 4 is 43.1 Å². The summed E-state index contributed by atoms with van der Waals surface area (Å²) in [6.45, 7) is 0. The maximum absolute atomic E-state index is 13.4. The van der Waals surface area contributed by atoms with Gasteiger partial charge >= 0.3 is 0 Å². The Morgan fingerprint density at radius 2 is 2.27 bits per heavy atom. The highest BCUT2D eigenvalue weighted by Crippen LogP contribution is 2.26. The average Bonchev–Trinajstić information content (AvgIpc) is 2.56. The molecule has 3 nitrogen and oxygen atoms in total. The summed E-state index contributed by atoms with van der Waals surface area (Å²) >= 11 is 4.46. The first-order valence-electron chi connectivity index (χ1n) is 4.08. The first-order valence-corrected chi connectivity index (χ1v) is 5.69. The number of anilines is 3. The van der Waals surface area contributed by atoms with Crippen molar-refractivity contribution in [2.24, 2.45) is 0 Å². The zero-order chi connectivity index (χ0) is 10.8. The van der Waals surface area contributed by atoms with E-state index in [4.69, 9.17) is 5.73 Å². The zero-order valence-electron chi connectivity index (χ0n) is 7.50. The molecule has 6 heteroatoms. The molecule has 0 aliphatic heterocycles. The van der Waals surface area contributed by atoms with Crippen LogP contribution in [0.25, 0.3) is 0 Å². The largest absolute Gasteiger partial charge is 0.389 e. The van der Waals surface area contributed by atoms with Gasteiger partial charge in [0.15, 0.2) is 5.13 Å². The molecular formula is C9H7BrFN3S. The Hall–Kier alpha value is -1.14. The fourth-order valence-corrected chi connectivity index (χ4v) is 1.98. The van der Waals surface area contributed by atoms with E-state index in [-0.39, 0.29) is 5.82 Å². The fraction of sp³-hybridized carbons (Fsp3) is 0. The Labute approximate surface area is 98.3 Å². The monoisotopic (exact) mass is 287 g/mol. The number of rotatable bonds is 2. The van der Waals surface area contributed by atoms with Gasteiger partial charge in [0.1, 0.15) is 10.8 Å². The molecule has 2 aromatic rings. The third-order valence-electron chi connectivity index (χ3n) is 1.70. The molecule has 0 spiro atoms. The maximum Gasteiger partial charge on any atom is 0.189 e. The molecule has 78 valence electrons. The maximum atomic E-state index is 13.4. The molecule has 2 rings (SSSR count). The Bertz CT molecular complexity index is 486. The third kappa shape index (κ3) is 2.45. The number of hydrogen-bond acceptors (Lipinski definition) is 4. The number of nitrogens with two attached hydrogens (primary N) is 1. The van der Waals surface area contributed by atoms with E-state index in [9.17, 15) is 4.39 Å². The summed E-state index contributed by atoms with van der Waals surface area (Å²) in [6, 6.07) is 4.78. The molecule has 0 saturated carbocycles. The molecule has 0 bridgehead atoms. The van der Waals surface area contributed by atoms with Crippen LogP contribution >= 0.6 is 27.3 Å². The third-order valence-corrected chi connectivity index (χ3v) is 2.93. The van der Waals surface area contributed by atoms with Crippen molar-refractivity contribution in [1.29, 1.82) is 0 Å². The van der Waals surface area contributed by atoms with E-state index in [1.54, 1.807) is 12.1 Å². The minimum absolute atomic E-state index is 0.335. The summed E-state index contributed by atoms with van der Waals surface area (Å²) in [5, 5.41) is 4.02. The molecule has 3 N–H and O–H groups in total. The number of thiazole rings is 1. The summed E-state index contributed by atoms with van der Waals surface area (Å²) in [6.07, 6.45) is 1.53. The molecule has 15 heavy (non-hydrogen) atoms. The lowest BCUT2D eigenvalue weighted by atomic mass is 10.3. The molecular weight excluding hydrogens is 281 g/mol. The van der Waals surface area contributed by atoms with E-state index in [1.807, 2.05) is 0 Å². The molecule has 0 aliphatic carbocycles. The second-order valence-electron chi connectivity index (χ2n) is 2.82. The summed E-state index contributed by atoms with van der Waals surface area (Å²) in [4.78, 5) is 3.98. The highest BCUT2D eigenvalue weighted by molar-refractivity contribution is 9.10. The van der Waals surface area contributed by atoms with Gasteiger partial charge in [0.2, 0.25) is 0 Å². The Kier molecular flexibility index (Phi) is 2.88. The van der Waals surface area contributed by atoms with Crippen LogP contribution in [0.15, 0.2) is 28.9 Å². The highest BCUT2D eigenvalue weighted by Gasteiger charge is 2.05. The fourth-order valence-electron chi connectivity index (χ4n) is 1.05. The lowest BCUT2D eigenvalue weighted by Gasteiger charge is -2.03. The van der Waals surface area contributed by atoms with E-state index in [2.05, 4.69) is 26.2 Å². The minimum Gasteiger partial charge on any atom is -0.389 e. The minimum atomic E-state index is -0.335. The van der Waals surface area contributed by atoms with Gasteiger partial charge in [0.05, 0.1) is 11.9 Å². The summed E-state index contributed by atoms with van der Waals surface area (Å²) in [7, 11) is 0. The molecule has 0 aliphatic rings. The molecule has 0 amide bonds. The average molecular weight is 288 g/mol. The molecule has 1 aromatic carbocycles. The van der Waals surface area contributed by atoms with Crippen molar-refractivity contribution in [3.63, 3.8) is 0 Å². The normalized spacial score (nSPS) is 10.3. The Balaban J connectivity index is 2.24. The molecule has 0 radical (unpaired) electrons. The van der Waals surface area contributed by atoms with Crippen LogP contribution in [-0.4, -0.2) is 4.98 Å². The summed E-state index contributed by atoms with van der Waals surface area (Å²) in [5.74, 6) is -0.335. The number of nitrogens with zero attached hydrogens (tertiary/aromatic N) is 1. The highest BCUT2D eigenvalue weighted by atomic mass is 79.9. The van der Waals surface area contributed by atoms with Gasteiger partial charge in [-0.1, -0.05) is 27.3 Å². The van der Waals surface area contributed by atoms with Crippen LogP contribution in [0.5, 0.6) is 0 Å². The van der Waals surface area contributed by atoms with Crippen LogP contribution in [0.3, 0.4) is 0 Å². The van der Waals surface area contributed by atoms with Crippen molar-refractivity contribution in [2.75, 3.05) is 11.1 Å². The SMILES string of the molecule is Nc1cnc(Nc2ccc(Br)cc2F)s1. The van der Waals surface area contributed by atoms with E-state index >= 15 is 0 Å². The lowest BCUT2D eigenvalue weighted by molar-refractivity contribution is 0.631. The van der Waals surface area contributed by atoms with E-state index in [0.29, 0.717) is 20.3 Å². The van der Waals surface area contributed by atoms with Crippen LogP contribution in [0, 0.1) is 5.82 Å². The van der Waals surface area contributed by atoms with Gasteiger partial charge in [-0.2, -0.15) is 0 Å². The Morgan fingerprint density at radius 1 is 1.47 bits per heavy atom. The number of hydrogen-bond donors (Lipinski definition) is 2. The predicted octanol–water partition coefficient (Wildman–Crippen LogP) is 3.37. The number of halogens is 2. The van der Waals surface area contributed by atoms with Gasteiger partial charge in [-0.25, -0.2) is 9.37 Å². The van der Waals surface area contributed by atoms with Gasteiger partial charge in [-0.3, -0.25) is 0 Å². The summed E-state index contributed by atoms with van der Waals surface area (Å²) < 4.78 is 14.1. The molecule has 1 aromatic heterocycles. The number of aromatic nitrogens is 1. The number of benzene rings is 1. The van der Waals surface area contributed by atoms with Crippen molar-refractivity contribution in [2.45, 2.75) is 0 Å². The van der Waals surface area contributed by atoms with E-state index in [0.717, 1.165) is 0 Å². The second-order valence-corrected chi connectivity index (χ2v) is 4.79. The summed E-state index contributed by atoms with van der Waals surface area (Å²) in [5.41, 5.74) is 5.89. The molecule has 1 heterocycles. The molecule has 0 unspecified atom stereocenters. The van der Waals surface area contributed by atoms with E-state index in [1.165, 1.54) is 23.6 Å². The smallest absolute Gasteiger partial charge is 0.189 e. The second kappa shape index (κ2) is 4.16. The topological polar surface area (TPSA) is 50.9 Å². The predicted molar refractivity (Wildman–Crippen MR) is 63.9 cm³/mol. The molecule has 0 atom stereocenters. The molecule has 0 saturated heterocycles. The zero-order valence-corrected chi connectivity index (χ0v) is 9.90. The van der Waals surface area contributed by atoms with Crippen LogP contribution in [0.2, 0.25) is 0 Å². The van der Waals surface area contributed by atoms with Gasteiger partial charge in [-0.15, -0.1) is 0 Å². The van der Waals surface area contributed by atoms with Gasteiger partial charge in [0, 0.05) is 4.47 Å². The quantitative estimate of drug-likeness (QED) is 0.890. The lowest BCUT2D eigenvalue weighted by Crippen LogP contribution is -1.92. The van der Waals surface area contributed by atoms with Gasteiger partial charge in [-0.05, 0) is 18.2 Å².